The SMILES string of the molecule is COc1ccc2ncc(F)c(CNC[C@H](O)[C@@H](O)[C@@H]3CN(c4ccc5c(c4)OCCO5)C(=O)O3)c2c1. The van der Waals surface area contributed by atoms with E-state index in [-0.39, 0.29) is 19.6 Å². The third-order valence-corrected chi connectivity index (χ3v) is 6.24. The topological polar surface area (TPSA) is 123 Å². The van der Waals surface area contributed by atoms with Crippen LogP contribution in [0.3, 0.4) is 0 Å². The molecule has 10 nitrogen and oxygen atoms in total. The van der Waals surface area contributed by atoms with Gasteiger partial charge in [-0.05, 0) is 30.3 Å². The molecule has 0 aliphatic carbocycles. The Bertz CT molecular complexity index is 1270. The average molecular weight is 499 g/mol. The summed E-state index contributed by atoms with van der Waals surface area (Å²) in [6.07, 6.45) is -3.08. The van der Waals surface area contributed by atoms with E-state index in [9.17, 15) is 19.4 Å². The number of aliphatic hydroxyl groups is 2. The summed E-state index contributed by atoms with van der Waals surface area (Å²) in [4.78, 5) is 17.9. The molecule has 3 N–H and O–H groups in total. The van der Waals surface area contributed by atoms with Crippen molar-refractivity contribution in [3.63, 3.8) is 0 Å². The van der Waals surface area contributed by atoms with E-state index in [1.807, 2.05) is 0 Å². The molecule has 1 aromatic heterocycles. The molecule has 0 radical (unpaired) electrons. The van der Waals surface area contributed by atoms with Crippen molar-refractivity contribution in [2.75, 3.05) is 38.3 Å². The van der Waals surface area contributed by atoms with Crippen LogP contribution in [0.5, 0.6) is 17.2 Å². The van der Waals surface area contributed by atoms with E-state index in [4.69, 9.17) is 18.9 Å². The number of aromatic nitrogens is 1. The van der Waals surface area contributed by atoms with Crippen LogP contribution in [-0.2, 0) is 11.3 Å². The van der Waals surface area contributed by atoms with Gasteiger partial charge in [-0.2, -0.15) is 0 Å². The molecular weight excluding hydrogens is 473 g/mol. The van der Waals surface area contributed by atoms with Crippen molar-refractivity contribution in [1.29, 1.82) is 0 Å². The molecule has 2 aromatic carbocycles. The fourth-order valence-corrected chi connectivity index (χ4v) is 4.30. The molecule has 190 valence electrons. The molecule has 0 spiro atoms. The maximum Gasteiger partial charge on any atom is 0.414 e. The molecular formula is C25H26FN3O7. The van der Waals surface area contributed by atoms with E-state index in [2.05, 4.69) is 10.3 Å². The zero-order chi connectivity index (χ0) is 25.2. The fraction of sp³-hybridized carbons (Fsp3) is 0.360. The third kappa shape index (κ3) is 4.72. The Hall–Kier alpha value is -3.67. The molecule has 1 saturated heterocycles. The van der Waals surface area contributed by atoms with Crippen molar-refractivity contribution in [3.8, 4) is 17.2 Å². The number of halogens is 1. The minimum atomic E-state index is -1.36. The number of carbonyl (C=O) groups is 1. The van der Waals surface area contributed by atoms with E-state index >= 15 is 0 Å². The molecule has 36 heavy (non-hydrogen) atoms. The first kappa shape index (κ1) is 24.0. The fourth-order valence-electron chi connectivity index (χ4n) is 4.30. The molecule has 2 aliphatic rings. The number of anilines is 1. The molecule has 5 rings (SSSR count). The number of nitrogens with zero attached hydrogens (tertiary/aromatic N) is 2. The summed E-state index contributed by atoms with van der Waals surface area (Å²) in [5.41, 5.74) is 1.49. The predicted octanol–water partition coefficient (Wildman–Crippen LogP) is 1.99. The molecule has 0 unspecified atom stereocenters. The molecule has 3 heterocycles. The Kier molecular flexibility index (Phi) is 6.77. The highest BCUT2D eigenvalue weighted by Crippen LogP contribution is 2.35. The second kappa shape index (κ2) is 10.1. The van der Waals surface area contributed by atoms with Crippen molar-refractivity contribution in [1.82, 2.24) is 10.3 Å². The Labute approximate surface area is 206 Å². The number of nitrogens with one attached hydrogen (secondary N) is 1. The third-order valence-electron chi connectivity index (χ3n) is 6.24. The Morgan fingerprint density at radius 1 is 1.19 bits per heavy atom. The summed E-state index contributed by atoms with van der Waals surface area (Å²) in [7, 11) is 1.52. The van der Waals surface area contributed by atoms with E-state index < -0.39 is 30.2 Å². The van der Waals surface area contributed by atoms with Gasteiger partial charge in [-0.1, -0.05) is 0 Å². The Morgan fingerprint density at radius 2 is 2.00 bits per heavy atom. The molecule has 3 atom stereocenters. The van der Waals surface area contributed by atoms with Gasteiger partial charge in [0, 0.05) is 30.1 Å². The van der Waals surface area contributed by atoms with Gasteiger partial charge in [-0.25, -0.2) is 9.18 Å². The number of fused-ring (bicyclic) bond motifs is 2. The average Bonchev–Trinajstić information content (AvgIpc) is 3.30. The van der Waals surface area contributed by atoms with Gasteiger partial charge in [0.05, 0.1) is 37.2 Å². The van der Waals surface area contributed by atoms with Crippen molar-refractivity contribution in [2.24, 2.45) is 0 Å². The van der Waals surface area contributed by atoms with Gasteiger partial charge in [-0.15, -0.1) is 0 Å². The van der Waals surface area contributed by atoms with Crippen LogP contribution in [0.15, 0.2) is 42.6 Å². The van der Waals surface area contributed by atoms with Gasteiger partial charge >= 0.3 is 6.09 Å². The zero-order valence-corrected chi connectivity index (χ0v) is 19.5. The lowest BCUT2D eigenvalue weighted by Crippen LogP contribution is -2.44. The molecule has 0 saturated carbocycles. The second-order valence-corrected chi connectivity index (χ2v) is 8.52. The standard InChI is InChI=1S/C25H26FN3O7/c1-33-15-3-4-19-16(9-15)17(18(26)11-28-19)10-27-12-20(30)24(31)23-13-29(25(32)36-23)14-2-5-21-22(8-14)35-7-6-34-21/h2-5,8-9,11,20,23-24,27,30-31H,6-7,10,12-13H2,1H3/t20-,23-,24+/m0/s1. The van der Waals surface area contributed by atoms with Gasteiger partial charge in [-0.3, -0.25) is 9.88 Å². The zero-order valence-electron chi connectivity index (χ0n) is 19.5. The quantitative estimate of drug-likeness (QED) is 0.427. The summed E-state index contributed by atoms with van der Waals surface area (Å²) in [6.45, 7) is 0.923. The largest absolute Gasteiger partial charge is 0.497 e. The number of aliphatic hydroxyl groups excluding tert-OH is 2. The van der Waals surface area contributed by atoms with Crippen LogP contribution in [-0.4, -0.2) is 73.0 Å². The van der Waals surface area contributed by atoms with Crippen molar-refractivity contribution in [3.05, 3.63) is 54.0 Å². The minimum Gasteiger partial charge on any atom is -0.497 e. The van der Waals surface area contributed by atoms with E-state index in [0.29, 0.717) is 52.6 Å². The first-order valence-corrected chi connectivity index (χ1v) is 11.5. The second-order valence-electron chi connectivity index (χ2n) is 8.52. The van der Waals surface area contributed by atoms with E-state index in [0.717, 1.165) is 6.20 Å². The smallest absolute Gasteiger partial charge is 0.414 e. The van der Waals surface area contributed by atoms with E-state index in [1.54, 1.807) is 36.4 Å². The Morgan fingerprint density at radius 3 is 2.81 bits per heavy atom. The highest BCUT2D eigenvalue weighted by molar-refractivity contribution is 5.90. The maximum atomic E-state index is 14.5. The lowest BCUT2D eigenvalue weighted by molar-refractivity contribution is -0.0460. The highest BCUT2D eigenvalue weighted by atomic mass is 19.1. The van der Waals surface area contributed by atoms with Crippen molar-refractivity contribution in [2.45, 2.75) is 24.9 Å². The number of methoxy groups -OCH3 is 1. The van der Waals surface area contributed by atoms with Gasteiger partial charge in [0.2, 0.25) is 0 Å². The van der Waals surface area contributed by atoms with Gasteiger partial charge in [0.25, 0.3) is 0 Å². The lowest BCUT2D eigenvalue weighted by atomic mass is 10.1. The monoisotopic (exact) mass is 499 g/mol. The van der Waals surface area contributed by atoms with Gasteiger partial charge in [0.15, 0.2) is 17.6 Å². The minimum absolute atomic E-state index is 0.0418. The van der Waals surface area contributed by atoms with Crippen LogP contribution in [0.2, 0.25) is 0 Å². The molecule has 11 heteroatoms. The summed E-state index contributed by atoms with van der Waals surface area (Å²) in [6, 6.07) is 10.2. The molecule has 1 amide bonds. The predicted molar refractivity (Wildman–Crippen MR) is 127 cm³/mol. The molecule has 2 aliphatic heterocycles. The van der Waals surface area contributed by atoms with Crippen molar-refractivity contribution >= 4 is 22.7 Å². The molecule has 3 aromatic rings. The summed E-state index contributed by atoms with van der Waals surface area (Å²) in [5.74, 6) is 1.18. The Balaban J connectivity index is 1.21. The van der Waals surface area contributed by atoms with Crippen LogP contribution in [0, 0.1) is 5.82 Å². The summed E-state index contributed by atoms with van der Waals surface area (Å²) >= 11 is 0. The van der Waals surface area contributed by atoms with Crippen LogP contribution >= 0.6 is 0 Å². The van der Waals surface area contributed by atoms with Crippen molar-refractivity contribution < 1.29 is 38.3 Å². The number of ether oxygens (including phenoxy) is 4. The highest BCUT2D eigenvalue weighted by Gasteiger charge is 2.39. The van der Waals surface area contributed by atoms with Crippen LogP contribution in [0.4, 0.5) is 14.9 Å². The first-order valence-electron chi connectivity index (χ1n) is 11.5. The van der Waals surface area contributed by atoms with Gasteiger partial charge in [0.1, 0.15) is 30.9 Å². The number of amides is 1. The normalized spacial score (nSPS) is 18.7. The molecule has 1 fully saturated rings. The van der Waals surface area contributed by atoms with Gasteiger partial charge < -0.3 is 34.5 Å². The maximum absolute atomic E-state index is 14.5. The van der Waals surface area contributed by atoms with Crippen LogP contribution in [0.25, 0.3) is 10.9 Å². The summed E-state index contributed by atoms with van der Waals surface area (Å²) in [5, 5.41) is 24.7. The van der Waals surface area contributed by atoms with Crippen LogP contribution < -0.4 is 24.4 Å². The number of hydrogen-bond acceptors (Lipinski definition) is 9. The summed E-state index contributed by atoms with van der Waals surface area (Å²) < 4.78 is 36.1. The first-order chi connectivity index (χ1) is 17.4. The number of rotatable bonds is 8. The van der Waals surface area contributed by atoms with Crippen LogP contribution in [0.1, 0.15) is 5.56 Å². The number of benzene rings is 2. The number of pyridine rings is 1. The molecule has 0 bridgehead atoms. The number of hydrogen-bond donors (Lipinski definition) is 3. The number of cyclic esters (lactones) is 1. The lowest BCUT2D eigenvalue weighted by Gasteiger charge is -2.23. The number of carbonyl (C=O) groups excluding carboxylic acids is 1. The van der Waals surface area contributed by atoms with E-state index in [1.165, 1.54) is 12.0 Å².